The number of hydrogen-bond acceptors (Lipinski definition) is 2. The molecular weight excluding hydrogens is 192 g/mol. The second kappa shape index (κ2) is 6.12. The van der Waals surface area contributed by atoms with E-state index in [1.807, 2.05) is 24.2 Å². The van der Waals surface area contributed by atoms with Crippen molar-refractivity contribution in [1.29, 1.82) is 0 Å². The molecule has 80 valence electrons. The van der Waals surface area contributed by atoms with Crippen molar-refractivity contribution in [2.45, 2.75) is 50.4 Å². The van der Waals surface area contributed by atoms with Crippen molar-refractivity contribution in [3.8, 4) is 0 Å². The Labute approximate surface area is 90.9 Å². The van der Waals surface area contributed by atoms with Crippen LogP contribution in [0.25, 0.3) is 0 Å². The summed E-state index contributed by atoms with van der Waals surface area (Å²) in [7, 11) is 0. The molecule has 0 aromatic carbocycles. The number of nitrogens with one attached hydrogen (secondary N) is 1. The fraction of sp³-hybridized carbons (Fsp3) is 0.727. The Morgan fingerprint density at radius 2 is 2.29 bits per heavy atom. The minimum Gasteiger partial charge on any atom is -0.340 e. The minimum absolute atomic E-state index is 0.695. The number of aromatic amines is 1. The number of rotatable bonds is 6. The van der Waals surface area contributed by atoms with Crippen molar-refractivity contribution in [2.24, 2.45) is 5.92 Å². The maximum atomic E-state index is 4.25. The highest BCUT2D eigenvalue weighted by molar-refractivity contribution is 7.99. The van der Waals surface area contributed by atoms with Gasteiger partial charge in [0.2, 0.25) is 0 Å². The molecule has 0 saturated carbocycles. The second-order valence-electron chi connectivity index (χ2n) is 3.94. The van der Waals surface area contributed by atoms with Crippen molar-refractivity contribution in [2.75, 3.05) is 0 Å². The lowest BCUT2D eigenvalue weighted by Crippen LogP contribution is -2.11. The van der Waals surface area contributed by atoms with E-state index in [9.17, 15) is 0 Å². The number of imidazole rings is 1. The van der Waals surface area contributed by atoms with Crippen LogP contribution in [0.5, 0.6) is 0 Å². The Morgan fingerprint density at radius 1 is 1.50 bits per heavy atom. The third kappa shape index (κ3) is 3.74. The monoisotopic (exact) mass is 212 g/mol. The van der Waals surface area contributed by atoms with Gasteiger partial charge in [-0.3, -0.25) is 0 Å². The van der Waals surface area contributed by atoms with Crippen molar-refractivity contribution >= 4 is 11.8 Å². The van der Waals surface area contributed by atoms with Gasteiger partial charge in [0.1, 0.15) is 0 Å². The van der Waals surface area contributed by atoms with Crippen molar-refractivity contribution in [3.63, 3.8) is 0 Å². The van der Waals surface area contributed by atoms with Crippen LogP contribution < -0.4 is 0 Å². The van der Waals surface area contributed by atoms with Gasteiger partial charge in [0.25, 0.3) is 0 Å². The standard InChI is InChI=1S/C11H20N2S/c1-4-5-6-10(9(2)3)14-11-12-7-8-13-11/h7-10H,4-6H2,1-3H3,(H,12,13). The highest BCUT2D eigenvalue weighted by Crippen LogP contribution is 2.29. The van der Waals surface area contributed by atoms with Gasteiger partial charge in [0, 0.05) is 17.6 Å². The summed E-state index contributed by atoms with van der Waals surface area (Å²) in [5, 5.41) is 1.75. The normalized spacial score (nSPS) is 13.4. The van der Waals surface area contributed by atoms with E-state index in [4.69, 9.17) is 0 Å². The molecule has 0 spiro atoms. The Morgan fingerprint density at radius 3 is 2.79 bits per heavy atom. The Balaban J connectivity index is 2.43. The number of unbranched alkanes of at least 4 members (excludes halogenated alkanes) is 1. The molecule has 0 saturated heterocycles. The maximum absolute atomic E-state index is 4.25. The van der Waals surface area contributed by atoms with Gasteiger partial charge in [0.15, 0.2) is 5.16 Å². The van der Waals surface area contributed by atoms with E-state index < -0.39 is 0 Å². The fourth-order valence-electron chi connectivity index (χ4n) is 1.39. The molecule has 1 aromatic heterocycles. The highest BCUT2D eigenvalue weighted by Gasteiger charge is 2.15. The molecule has 0 fully saturated rings. The van der Waals surface area contributed by atoms with Crippen LogP contribution in [0, 0.1) is 5.92 Å². The van der Waals surface area contributed by atoms with E-state index in [0.717, 1.165) is 11.1 Å². The SMILES string of the molecule is CCCCC(Sc1ncc[nH]1)C(C)C. The summed E-state index contributed by atoms with van der Waals surface area (Å²) in [6.07, 6.45) is 7.59. The average Bonchev–Trinajstić information content (AvgIpc) is 2.64. The van der Waals surface area contributed by atoms with E-state index >= 15 is 0 Å². The van der Waals surface area contributed by atoms with E-state index in [-0.39, 0.29) is 0 Å². The smallest absolute Gasteiger partial charge is 0.165 e. The van der Waals surface area contributed by atoms with Crippen LogP contribution in [-0.2, 0) is 0 Å². The molecule has 1 heterocycles. The molecule has 0 bridgehead atoms. The second-order valence-corrected chi connectivity index (χ2v) is 5.16. The first-order valence-electron chi connectivity index (χ1n) is 5.40. The summed E-state index contributed by atoms with van der Waals surface area (Å²) in [4.78, 5) is 7.40. The molecule has 0 aliphatic heterocycles. The summed E-state index contributed by atoms with van der Waals surface area (Å²) in [5.41, 5.74) is 0. The number of H-pyrrole nitrogens is 1. The van der Waals surface area contributed by atoms with Gasteiger partial charge >= 0.3 is 0 Å². The summed E-state index contributed by atoms with van der Waals surface area (Å²) < 4.78 is 0. The van der Waals surface area contributed by atoms with Crippen molar-refractivity contribution in [3.05, 3.63) is 12.4 Å². The zero-order chi connectivity index (χ0) is 10.4. The van der Waals surface area contributed by atoms with Crippen LogP contribution in [0.1, 0.15) is 40.0 Å². The predicted molar refractivity (Wildman–Crippen MR) is 62.6 cm³/mol. The van der Waals surface area contributed by atoms with Gasteiger partial charge in [-0.15, -0.1) is 0 Å². The van der Waals surface area contributed by atoms with E-state index in [1.165, 1.54) is 19.3 Å². The molecule has 1 rings (SSSR count). The first kappa shape index (κ1) is 11.6. The Hall–Kier alpha value is -0.440. The number of thioether (sulfide) groups is 1. The Kier molecular flexibility index (Phi) is 5.09. The summed E-state index contributed by atoms with van der Waals surface area (Å²) in [5.74, 6) is 0.719. The first-order valence-corrected chi connectivity index (χ1v) is 6.28. The molecule has 0 amide bonds. The third-order valence-corrected chi connectivity index (χ3v) is 3.85. The third-order valence-electron chi connectivity index (χ3n) is 2.32. The van der Waals surface area contributed by atoms with Crippen molar-refractivity contribution in [1.82, 2.24) is 9.97 Å². The molecule has 0 aliphatic carbocycles. The molecule has 1 aromatic rings. The van der Waals surface area contributed by atoms with Crippen LogP contribution in [-0.4, -0.2) is 15.2 Å². The summed E-state index contributed by atoms with van der Waals surface area (Å²) in [6, 6.07) is 0. The van der Waals surface area contributed by atoms with Crippen LogP contribution in [0.4, 0.5) is 0 Å². The number of aromatic nitrogens is 2. The molecular formula is C11H20N2S. The number of nitrogens with zero attached hydrogens (tertiary/aromatic N) is 1. The van der Waals surface area contributed by atoms with Crippen LogP contribution in [0.15, 0.2) is 17.6 Å². The molecule has 1 unspecified atom stereocenters. The predicted octanol–water partition coefficient (Wildman–Crippen LogP) is 3.72. The molecule has 2 nitrogen and oxygen atoms in total. The van der Waals surface area contributed by atoms with Crippen molar-refractivity contribution < 1.29 is 0 Å². The highest BCUT2D eigenvalue weighted by atomic mass is 32.2. The van der Waals surface area contributed by atoms with Gasteiger partial charge < -0.3 is 4.98 Å². The lowest BCUT2D eigenvalue weighted by atomic mass is 10.1. The zero-order valence-electron chi connectivity index (χ0n) is 9.29. The largest absolute Gasteiger partial charge is 0.340 e. The number of hydrogen-bond donors (Lipinski definition) is 1. The lowest BCUT2D eigenvalue weighted by Gasteiger charge is -2.18. The molecule has 1 N–H and O–H groups in total. The molecule has 14 heavy (non-hydrogen) atoms. The van der Waals surface area contributed by atoms with Gasteiger partial charge in [-0.2, -0.15) is 0 Å². The molecule has 0 radical (unpaired) electrons. The van der Waals surface area contributed by atoms with Gasteiger partial charge in [-0.05, 0) is 12.3 Å². The van der Waals surface area contributed by atoms with Gasteiger partial charge in [-0.1, -0.05) is 45.4 Å². The van der Waals surface area contributed by atoms with Gasteiger partial charge in [0.05, 0.1) is 0 Å². The quantitative estimate of drug-likeness (QED) is 0.728. The minimum atomic E-state index is 0.695. The van der Waals surface area contributed by atoms with Crippen LogP contribution >= 0.6 is 11.8 Å². The first-order chi connectivity index (χ1) is 6.74. The van der Waals surface area contributed by atoms with Crippen LogP contribution in [0.2, 0.25) is 0 Å². The lowest BCUT2D eigenvalue weighted by molar-refractivity contribution is 0.550. The van der Waals surface area contributed by atoms with Crippen LogP contribution in [0.3, 0.4) is 0 Å². The Bertz CT molecular complexity index is 231. The fourth-order valence-corrected chi connectivity index (χ4v) is 2.49. The molecule has 1 atom stereocenters. The summed E-state index contributed by atoms with van der Waals surface area (Å²) in [6.45, 7) is 6.82. The van der Waals surface area contributed by atoms with E-state index in [1.54, 1.807) is 0 Å². The van der Waals surface area contributed by atoms with E-state index in [2.05, 4.69) is 30.7 Å². The summed E-state index contributed by atoms with van der Waals surface area (Å²) >= 11 is 1.88. The van der Waals surface area contributed by atoms with Gasteiger partial charge in [-0.25, -0.2) is 4.98 Å². The topological polar surface area (TPSA) is 28.7 Å². The molecule has 0 aliphatic rings. The average molecular weight is 212 g/mol. The zero-order valence-corrected chi connectivity index (χ0v) is 10.1. The molecule has 3 heteroatoms. The maximum Gasteiger partial charge on any atom is 0.165 e. The van der Waals surface area contributed by atoms with E-state index in [0.29, 0.717) is 5.25 Å².